The Labute approximate surface area is 123 Å². The molecule has 1 aliphatic rings. The molecule has 0 radical (unpaired) electrons. The van der Waals surface area contributed by atoms with Gasteiger partial charge in [-0.1, -0.05) is 13.8 Å². The van der Waals surface area contributed by atoms with Crippen molar-refractivity contribution in [2.45, 2.75) is 46.1 Å². The quantitative estimate of drug-likeness (QED) is 0.896. The first-order chi connectivity index (χ1) is 9.56. The van der Waals surface area contributed by atoms with Crippen LogP contribution in [0.5, 0.6) is 5.75 Å². The molecule has 1 heterocycles. The molecular weight excluding hydrogens is 248 g/mol. The Kier molecular flexibility index (Phi) is 5.30. The number of ether oxygens (including phenoxy) is 1. The van der Waals surface area contributed by atoms with Crippen LogP contribution in [0.15, 0.2) is 18.2 Å². The predicted molar refractivity (Wildman–Crippen MR) is 85.6 cm³/mol. The number of hydrogen-bond acceptors (Lipinski definition) is 3. The molecule has 20 heavy (non-hydrogen) atoms. The summed E-state index contributed by atoms with van der Waals surface area (Å²) in [5.74, 6) is 1.70. The SMILES string of the molecule is Cc1cc(N2CCC(N)CC2)ccc1OCCC(C)C. The van der Waals surface area contributed by atoms with E-state index in [4.69, 9.17) is 10.5 Å². The van der Waals surface area contributed by atoms with Gasteiger partial charge in [0, 0.05) is 24.8 Å². The molecule has 0 saturated carbocycles. The Morgan fingerprint density at radius 1 is 1.30 bits per heavy atom. The van der Waals surface area contributed by atoms with Gasteiger partial charge in [0.05, 0.1) is 6.61 Å². The van der Waals surface area contributed by atoms with Crippen molar-refractivity contribution < 1.29 is 4.74 Å². The average molecular weight is 276 g/mol. The Morgan fingerprint density at radius 3 is 2.60 bits per heavy atom. The smallest absolute Gasteiger partial charge is 0.122 e. The van der Waals surface area contributed by atoms with Gasteiger partial charge in [-0.2, -0.15) is 0 Å². The first-order valence-electron chi connectivity index (χ1n) is 7.80. The molecule has 0 atom stereocenters. The fourth-order valence-corrected chi connectivity index (χ4v) is 2.55. The zero-order chi connectivity index (χ0) is 14.5. The summed E-state index contributed by atoms with van der Waals surface area (Å²) < 4.78 is 5.87. The molecule has 3 heteroatoms. The first-order valence-corrected chi connectivity index (χ1v) is 7.80. The van der Waals surface area contributed by atoms with E-state index < -0.39 is 0 Å². The summed E-state index contributed by atoms with van der Waals surface area (Å²) in [6.07, 6.45) is 3.28. The fraction of sp³-hybridized carbons (Fsp3) is 0.647. The van der Waals surface area contributed by atoms with Crippen LogP contribution >= 0.6 is 0 Å². The van der Waals surface area contributed by atoms with Gasteiger partial charge < -0.3 is 15.4 Å². The van der Waals surface area contributed by atoms with E-state index in [2.05, 4.69) is 43.9 Å². The second-order valence-electron chi connectivity index (χ2n) is 6.31. The molecule has 1 aromatic rings. The van der Waals surface area contributed by atoms with Crippen LogP contribution in [0.2, 0.25) is 0 Å². The van der Waals surface area contributed by atoms with E-state index in [1.165, 1.54) is 11.3 Å². The molecule has 3 nitrogen and oxygen atoms in total. The van der Waals surface area contributed by atoms with Crippen LogP contribution in [0.4, 0.5) is 5.69 Å². The molecule has 0 aliphatic carbocycles. The van der Waals surface area contributed by atoms with Crippen LogP contribution < -0.4 is 15.4 Å². The van der Waals surface area contributed by atoms with Gasteiger partial charge in [0.15, 0.2) is 0 Å². The van der Waals surface area contributed by atoms with Gasteiger partial charge in [-0.15, -0.1) is 0 Å². The predicted octanol–water partition coefficient (Wildman–Crippen LogP) is 3.35. The lowest BCUT2D eigenvalue weighted by atomic mass is 10.0. The van der Waals surface area contributed by atoms with Crippen LogP contribution in [-0.2, 0) is 0 Å². The number of nitrogens with two attached hydrogens (primary N) is 1. The molecule has 1 fully saturated rings. The monoisotopic (exact) mass is 276 g/mol. The van der Waals surface area contributed by atoms with Crippen molar-refractivity contribution in [1.29, 1.82) is 0 Å². The Morgan fingerprint density at radius 2 is 2.00 bits per heavy atom. The van der Waals surface area contributed by atoms with E-state index in [0.29, 0.717) is 12.0 Å². The minimum Gasteiger partial charge on any atom is -0.493 e. The normalized spacial score (nSPS) is 16.8. The first kappa shape index (κ1) is 15.2. The second-order valence-corrected chi connectivity index (χ2v) is 6.31. The average Bonchev–Trinajstić information content (AvgIpc) is 2.41. The third-order valence-corrected chi connectivity index (χ3v) is 4.02. The summed E-state index contributed by atoms with van der Waals surface area (Å²) in [5, 5.41) is 0. The third kappa shape index (κ3) is 4.14. The van der Waals surface area contributed by atoms with E-state index in [1.807, 2.05) is 0 Å². The maximum Gasteiger partial charge on any atom is 0.122 e. The van der Waals surface area contributed by atoms with Gasteiger partial charge in [0.1, 0.15) is 5.75 Å². The van der Waals surface area contributed by atoms with Crippen LogP contribution in [0, 0.1) is 12.8 Å². The number of piperidine rings is 1. The van der Waals surface area contributed by atoms with Crippen molar-refractivity contribution in [1.82, 2.24) is 0 Å². The molecule has 0 bridgehead atoms. The van der Waals surface area contributed by atoms with E-state index in [1.54, 1.807) is 0 Å². The molecule has 1 aromatic carbocycles. The lowest BCUT2D eigenvalue weighted by molar-refractivity contribution is 0.288. The van der Waals surface area contributed by atoms with E-state index in [-0.39, 0.29) is 0 Å². The molecule has 1 aliphatic heterocycles. The minimum absolute atomic E-state index is 0.381. The van der Waals surface area contributed by atoms with E-state index >= 15 is 0 Å². The van der Waals surface area contributed by atoms with Crippen LogP contribution in [0.3, 0.4) is 0 Å². The van der Waals surface area contributed by atoms with Crippen molar-refractivity contribution in [3.05, 3.63) is 23.8 Å². The highest BCUT2D eigenvalue weighted by molar-refractivity contribution is 5.53. The van der Waals surface area contributed by atoms with Gasteiger partial charge >= 0.3 is 0 Å². The van der Waals surface area contributed by atoms with Gasteiger partial charge in [-0.25, -0.2) is 0 Å². The van der Waals surface area contributed by atoms with Crippen LogP contribution in [0.1, 0.15) is 38.7 Å². The van der Waals surface area contributed by atoms with Crippen molar-refractivity contribution >= 4 is 5.69 Å². The standard InChI is InChI=1S/C17H28N2O/c1-13(2)8-11-20-17-5-4-16(12-14(17)3)19-9-6-15(18)7-10-19/h4-5,12-13,15H,6-11,18H2,1-3H3. The zero-order valence-electron chi connectivity index (χ0n) is 13.1. The summed E-state index contributed by atoms with van der Waals surface area (Å²) in [4.78, 5) is 2.42. The second kappa shape index (κ2) is 6.98. The number of anilines is 1. The number of benzene rings is 1. The van der Waals surface area contributed by atoms with Gasteiger partial charge in [-0.3, -0.25) is 0 Å². The molecule has 0 aromatic heterocycles. The van der Waals surface area contributed by atoms with Crippen LogP contribution in [-0.4, -0.2) is 25.7 Å². The summed E-state index contributed by atoms with van der Waals surface area (Å²) in [6.45, 7) is 9.50. The van der Waals surface area contributed by atoms with Gasteiger partial charge in [0.2, 0.25) is 0 Å². The largest absolute Gasteiger partial charge is 0.493 e. The molecular formula is C17H28N2O. The molecule has 2 rings (SSSR count). The zero-order valence-corrected chi connectivity index (χ0v) is 13.1. The molecule has 2 N–H and O–H groups in total. The fourth-order valence-electron chi connectivity index (χ4n) is 2.55. The van der Waals surface area contributed by atoms with Crippen molar-refractivity contribution in [2.75, 3.05) is 24.6 Å². The van der Waals surface area contributed by atoms with E-state index in [0.717, 1.165) is 44.7 Å². The van der Waals surface area contributed by atoms with Crippen molar-refractivity contribution in [3.63, 3.8) is 0 Å². The minimum atomic E-state index is 0.381. The van der Waals surface area contributed by atoms with Gasteiger partial charge in [0.25, 0.3) is 0 Å². The maximum absolute atomic E-state index is 5.96. The Bertz CT molecular complexity index is 423. The number of rotatable bonds is 5. The lowest BCUT2D eigenvalue weighted by Gasteiger charge is -2.32. The highest BCUT2D eigenvalue weighted by Crippen LogP contribution is 2.26. The molecule has 1 saturated heterocycles. The molecule has 112 valence electrons. The molecule has 0 spiro atoms. The summed E-state index contributed by atoms with van der Waals surface area (Å²) in [5.41, 5.74) is 8.48. The van der Waals surface area contributed by atoms with Crippen molar-refractivity contribution in [2.24, 2.45) is 11.7 Å². The van der Waals surface area contributed by atoms with Crippen LogP contribution in [0.25, 0.3) is 0 Å². The van der Waals surface area contributed by atoms with E-state index in [9.17, 15) is 0 Å². The lowest BCUT2D eigenvalue weighted by Crippen LogP contribution is -2.39. The summed E-state index contributed by atoms with van der Waals surface area (Å²) in [7, 11) is 0. The maximum atomic E-state index is 5.96. The van der Waals surface area contributed by atoms with Crippen molar-refractivity contribution in [3.8, 4) is 5.75 Å². The highest BCUT2D eigenvalue weighted by Gasteiger charge is 2.16. The highest BCUT2D eigenvalue weighted by atomic mass is 16.5. The Hall–Kier alpha value is -1.22. The summed E-state index contributed by atoms with van der Waals surface area (Å²) >= 11 is 0. The summed E-state index contributed by atoms with van der Waals surface area (Å²) in [6, 6.07) is 6.90. The third-order valence-electron chi connectivity index (χ3n) is 4.02. The number of nitrogens with zero attached hydrogens (tertiary/aromatic N) is 1. The molecule has 0 amide bonds. The Balaban J connectivity index is 1.95. The molecule has 0 unspecified atom stereocenters. The topological polar surface area (TPSA) is 38.5 Å². The number of hydrogen-bond donors (Lipinski definition) is 1. The number of aryl methyl sites for hydroxylation is 1. The van der Waals surface area contributed by atoms with Gasteiger partial charge in [-0.05, 0) is 55.9 Å².